The standard InChI is InChI=1S/C26H17Cl5N2O6/c1-37-13-8-10(9-14(38-2)23(13)39-3)21-22(26(36)32(21)12-6-4-11(27)5-7-12)33-24(34)15-16(25(33)35)18(29)20(31)19(30)17(15)28/h4-9,21-22H,1-3H3/t21-,22+/m0/s1. The second kappa shape index (κ2) is 10.3. The summed E-state index contributed by atoms with van der Waals surface area (Å²) in [4.78, 5) is 43.3. The second-order valence-electron chi connectivity index (χ2n) is 8.52. The summed E-state index contributed by atoms with van der Waals surface area (Å²) in [5.74, 6) is -1.23. The molecule has 0 saturated carbocycles. The molecule has 13 heteroatoms. The number of benzene rings is 3. The maximum Gasteiger partial charge on any atom is 0.264 e. The minimum Gasteiger partial charge on any atom is -0.493 e. The number of hydrogen-bond donors (Lipinski definition) is 0. The quantitative estimate of drug-likeness (QED) is 0.130. The normalized spacial score (nSPS) is 18.3. The zero-order valence-corrected chi connectivity index (χ0v) is 24.1. The number of carbonyl (C=O) groups excluding carboxylic acids is 3. The van der Waals surface area contributed by atoms with Crippen molar-refractivity contribution in [2.75, 3.05) is 26.2 Å². The number of imide groups is 1. The van der Waals surface area contributed by atoms with Gasteiger partial charge >= 0.3 is 0 Å². The minimum absolute atomic E-state index is 0.172. The lowest BCUT2D eigenvalue weighted by Gasteiger charge is -2.49. The molecule has 39 heavy (non-hydrogen) atoms. The summed E-state index contributed by atoms with van der Waals surface area (Å²) in [5, 5.41) is -0.339. The Morgan fingerprint density at radius 1 is 0.641 bits per heavy atom. The number of amides is 3. The van der Waals surface area contributed by atoms with Crippen LogP contribution in [0.4, 0.5) is 5.69 Å². The fourth-order valence-corrected chi connectivity index (χ4v) is 5.98. The van der Waals surface area contributed by atoms with Crippen LogP contribution in [0.3, 0.4) is 0 Å². The van der Waals surface area contributed by atoms with E-state index in [1.807, 2.05) is 0 Å². The zero-order chi connectivity index (χ0) is 28.3. The lowest BCUT2D eigenvalue weighted by Crippen LogP contribution is -2.67. The summed E-state index contributed by atoms with van der Waals surface area (Å²) in [6.45, 7) is 0. The van der Waals surface area contributed by atoms with Gasteiger partial charge in [-0.3, -0.25) is 19.3 Å². The number of carbonyl (C=O) groups is 3. The molecule has 0 aliphatic carbocycles. The van der Waals surface area contributed by atoms with Gasteiger partial charge in [0.2, 0.25) is 5.75 Å². The van der Waals surface area contributed by atoms with E-state index >= 15 is 0 Å². The topological polar surface area (TPSA) is 85.4 Å². The maximum absolute atomic E-state index is 13.7. The number of halogens is 5. The molecule has 202 valence electrons. The first-order valence-corrected chi connectivity index (χ1v) is 13.1. The molecule has 3 aromatic carbocycles. The predicted octanol–water partition coefficient (Wildman–Crippen LogP) is 6.73. The van der Waals surface area contributed by atoms with E-state index in [0.717, 1.165) is 4.90 Å². The van der Waals surface area contributed by atoms with Crippen LogP contribution in [0.15, 0.2) is 36.4 Å². The molecular weight excluding hydrogens is 614 g/mol. The number of nitrogens with zero attached hydrogens (tertiary/aromatic N) is 2. The lowest BCUT2D eigenvalue weighted by atomic mass is 9.86. The first kappa shape index (κ1) is 27.7. The molecule has 2 atom stereocenters. The van der Waals surface area contributed by atoms with E-state index in [2.05, 4.69) is 0 Å². The Labute approximate surface area is 247 Å². The van der Waals surface area contributed by atoms with Crippen molar-refractivity contribution in [3.63, 3.8) is 0 Å². The molecule has 1 fully saturated rings. The van der Waals surface area contributed by atoms with Crippen LogP contribution < -0.4 is 19.1 Å². The van der Waals surface area contributed by atoms with Crippen LogP contribution in [0.2, 0.25) is 25.1 Å². The van der Waals surface area contributed by atoms with Crippen molar-refractivity contribution in [3.05, 3.63) is 78.2 Å². The van der Waals surface area contributed by atoms with E-state index in [0.29, 0.717) is 33.5 Å². The molecule has 2 heterocycles. The molecule has 3 aromatic rings. The summed E-state index contributed by atoms with van der Waals surface area (Å²) in [5.41, 5.74) is 0.539. The third-order valence-electron chi connectivity index (χ3n) is 6.61. The Morgan fingerprint density at radius 2 is 1.13 bits per heavy atom. The number of ether oxygens (including phenoxy) is 3. The molecule has 0 spiro atoms. The zero-order valence-electron chi connectivity index (χ0n) is 20.4. The molecule has 3 amide bonds. The molecule has 0 unspecified atom stereocenters. The molecule has 8 nitrogen and oxygen atoms in total. The highest BCUT2D eigenvalue weighted by Gasteiger charge is 2.58. The summed E-state index contributed by atoms with van der Waals surface area (Å²) in [6.07, 6.45) is 0. The Morgan fingerprint density at radius 3 is 1.56 bits per heavy atom. The third-order valence-corrected chi connectivity index (χ3v) is 8.67. The van der Waals surface area contributed by atoms with Crippen LogP contribution in [0, 0.1) is 0 Å². The van der Waals surface area contributed by atoms with Crippen molar-refractivity contribution in [3.8, 4) is 17.2 Å². The van der Waals surface area contributed by atoms with Gasteiger partial charge in [-0.05, 0) is 42.0 Å². The fraction of sp³-hybridized carbons (Fsp3) is 0.192. The van der Waals surface area contributed by atoms with E-state index < -0.39 is 29.8 Å². The number of rotatable bonds is 6. The molecule has 5 rings (SSSR count). The van der Waals surface area contributed by atoms with Crippen LogP contribution in [-0.4, -0.2) is 50.0 Å². The van der Waals surface area contributed by atoms with Crippen LogP contribution in [0.25, 0.3) is 0 Å². The minimum atomic E-state index is -1.28. The molecule has 0 aromatic heterocycles. The monoisotopic (exact) mass is 628 g/mol. The van der Waals surface area contributed by atoms with Gasteiger partial charge in [0.25, 0.3) is 17.7 Å². The van der Waals surface area contributed by atoms with E-state index in [9.17, 15) is 14.4 Å². The van der Waals surface area contributed by atoms with Gasteiger partial charge in [-0.25, -0.2) is 0 Å². The Kier molecular flexibility index (Phi) is 7.28. The average molecular weight is 631 g/mol. The Bertz CT molecular complexity index is 1490. The lowest BCUT2D eigenvalue weighted by molar-refractivity contribution is -0.130. The number of methoxy groups -OCH3 is 3. The third kappa shape index (κ3) is 4.08. The highest BCUT2D eigenvalue weighted by atomic mass is 35.5. The van der Waals surface area contributed by atoms with Gasteiger partial charge in [0.05, 0.1) is 58.6 Å². The van der Waals surface area contributed by atoms with E-state index in [-0.39, 0.29) is 31.2 Å². The van der Waals surface area contributed by atoms with E-state index in [1.165, 1.54) is 26.2 Å². The molecular formula is C26H17Cl5N2O6. The molecule has 1 saturated heterocycles. The predicted molar refractivity (Wildman–Crippen MR) is 149 cm³/mol. The van der Waals surface area contributed by atoms with E-state index in [4.69, 9.17) is 72.2 Å². The molecule has 0 radical (unpaired) electrons. The highest BCUT2D eigenvalue weighted by molar-refractivity contribution is 6.55. The molecule has 2 aliphatic heterocycles. The largest absolute Gasteiger partial charge is 0.493 e. The summed E-state index contributed by atoms with van der Waals surface area (Å²) < 4.78 is 16.4. The number of anilines is 1. The molecule has 0 N–H and O–H groups in total. The van der Waals surface area contributed by atoms with Crippen LogP contribution in [0.1, 0.15) is 32.3 Å². The fourth-order valence-electron chi connectivity index (χ4n) is 4.84. The van der Waals surface area contributed by atoms with Gasteiger partial charge in [0, 0.05) is 10.7 Å². The van der Waals surface area contributed by atoms with Gasteiger partial charge in [-0.2, -0.15) is 0 Å². The Balaban J connectivity index is 1.68. The van der Waals surface area contributed by atoms with Gasteiger partial charge < -0.3 is 19.1 Å². The van der Waals surface area contributed by atoms with Crippen molar-refractivity contribution >= 4 is 81.4 Å². The van der Waals surface area contributed by atoms with Crippen molar-refractivity contribution in [2.45, 2.75) is 12.1 Å². The molecule has 0 bridgehead atoms. The van der Waals surface area contributed by atoms with Crippen molar-refractivity contribution < 1.29 is 28.6 Å². The van der Waals surface area contributed by atoms with Crippen LogP contribution in [-0.2, 0) is 4.79 Å². The second-order valence-corrected chi connectivity index (χ2v) is 10.5. The summed E-state index contributed by atoms with van der Waals surface area (Å²) in [6, 6.07) is 7.68. The maximum atomic E-state index is 13.7. The summed E-state index contributed by atoms with van der Waals surface area (Å²) in [7, 11) is 4.35. The van der Waals surface area contributed by atoms with Gasteiger partial charge in [-0.15, -0.1) is 0 Å². The van der Waals surface area contributed by atoms with E-state index in [1.54, 1.807) is 36.4 Å². The summed E-state index contributed by atoms with van der Waals surface area (Å²) >= 11 is 31.0. The Hall–Kier alpha value is -2.88. The van der Waals surface area contributed by atoms with Gasteiger partial charge in [-0.1, -0.05) is 58.0 Å². The number of β-lactam (4-membered cyclic amide) rings is 1. The van der Waals surface area contributed by atoms with Crippen molar-refractivity contribution in [1.82, 2.24) is 4.90 Å². The SMILES string of the molecule is COc1cc([C@H]2[C@@H](N3C(=O)c4c(Cl)c(Cl)c(Cl)c(Cl)c4C3=O)C(=O)N2c2ccc(Cl)cc2)cc(OC)c1OC. The molecule has 2 aliphatic rings. The highest BCUT2D eigenvalue weighted by Crippen LogP contribution is 2.51. The first-order valence-electron chi connectivity index (χ1n) is 11.2. The number of fused-ring (bicyclic) bond motifs is 1. The first-order chi connectivity index (χ1) is 18.6. The van der Waals surface area contributed by atoms with Crippen molar-refractivity contribution in [1.29, 1.82) is 0 Å². The van der Waals surface area contributed by atoms with Crippen LogP contribution >= 0.6 is 58.0 Å². The van der Waals surface area contributed by atoms with Gasteiger partial charge in [0.15, 0.2) is 11.5 Å². The van der Waals surface area contributed by atoms with Crippen LogP contribution in [0.5, 0.6) is 17.2 Å². The van der Waals surface area contributed by atoms with Crippen molar-refractivity contribution in [2.24, 2.45) is 0 Å². The smallest absolute Gasteiger partial charge is 0.264 e. The number of hydrogen-bond acceptors (Lipinski definition) is 6. The average Bonchev–Trinajstić information content (AvgIpc) is 3.19. The van der Waals surface area contributed by atoms with Gasteiger partial charge in [0.1, 0.15) is 6.04 Å².